The minimum absolute atomic E-state index is 1.27. The van der Waals surface area contributed by atoms with Crippen LogP contribution >= 0.6 is 0 Å². The fourth-order valence-corrected chi connectivity index (χ4v) is 36.9. The van der Waals surface area contributed by atoms with E-state index in [1.165, 1.54) is 41.5 Å². The largest absolute Gasteiger partial charge is 0.322 e. The zero-order valence-electron chi connectivity index (χ0n) is 31.1. The second-order valence-electron chi connectivity index (χ2n) is 14.4. The summed E-state index contributed by atoms with van der Waals surface area (Å²) >= 11 is 0. The van der Waals surface area contributed by atoms with Gasteiger partial charge in [-0.1, -0.05) is 243 Å². The van der Waals surface area contributed by atoms with E-state index in [0.29, 0.717) is 0 Å². The first-order valence-electron chi connectivity index (χ1n) is 19.3. The maximum atomic E-state index is 4.82. The molecule has 0 amide bonds. The summed E-state index contributed by atoms with van der Waals surface area (Å²) < 4.78 is 19.3. The van der Waals surface area contributed by atoms with Crippen molar-refractivity contribution in [2.45, 2.75) is 0 Å². The normalized spacial score (nSPS) is 16.9. The van der Waals surface area contributed by atoms with Gasteiger partial charge < -0.3 is 18.6 Å². The summed E-state index contributed by atoms with van der Waals surface area (Å²) in [5.41, 5.74) is 0. The highest BCUT2D eigenvalue weighted by molar-refractivity contribution is 7.26. The highest BCUT2D eigenvalue weighted by atomic mass is 28.5. The minimum Gasteiger partial charge on any atom is -0.322 e. The van der Waals surface area contributed by atoms with Gasteiger partial charge in [0.2, 0.25) is 0 Å². The first-order valence-corrected chi connectivity index (χ1v) is 27.3. The predicted molar refractivity (Wildman–Crippen MR) is 244 cm³/mol. The summed E-state index contributed by atoms with van der Waals surface area (Å²) in [6.07, 6.45) is 0. The van der Waals surface area contributed by atoms with E-state index in [2.05, 4.69) is 243 Å². The molecule has 1 heterocycles. The van der Waals surface area contributed by atoms with Crippen molar-refractivity contribution in [2.75, 3.05) is 0 Å². The lowest BCUT2D eigenvalue weighted by molar-refractivity contribution is 1.11. The molecule has 0 aliphatic carbocycles. The number of hydrogen-bond acceptors (Lipinski definition) is 4. The Morgan fingerprint density at radius 1 is 0.161 bits per heavy atom. The summed E-state index contributed by atoms with van der Waals surface area (Å²) in [5, 5.41) is 10.2. The standard InChI is InChI=1S/C48H44N4Si4/c1-9-25-41(26-10-1)53(42-27-11-2-12-28-42)49-54(43-29-13-3-14-30-43,44-31-15-4-16-32-44)51-56(47-37-21-7-22-38-47,48-39-23-8-24-40-48)52-55(50-53,45-33-17-5-18-34-45)46-35-19-6-20-36-46/h1-40,49-52H. The molecule has 0 spiro atoms. The summed E-state index contributed by atoms with van der Waals surface area (Å²) in [7, 11) is -13.1. The van der Waals surface area contributed by atoms with Gasteiger partial charge in [-0.15, -0.1) is 0 Å². The Balaban J connectivity index is 1.50. The van der Waals surface area contributed by atoms with Crippen LogP contribution < -0.4 is 60.1 Å². The predicted octanol–water partition coefficient (Wildman–Crippen LogP) is 3.38. The van der Waals surface area contributed by atoms with Crippen molar-refractivity contribution in [3.63, 3.8) is 0 Å². The van der Waals surface area contributed by atoms with Crippen LogP contribution in [0.1, 0.15) is 0 Å². The van der Waals surface area contributed by atoms with Gasteiger partial charge in [-0.2, -0.15) is 0 Å². The van der Waals surface area contributed by atoms with Crippen LogP contribution in [0.3, 0.4) is 0 Å². The van der Waals surface area contributed by atoms with Crippen molar-refractivity contribution < 1.29 is 0 Å². The van der Waals surface area contributed by atoms with Crippen molar-refractivity contribution in [3.8, 4) is 0 Å². The summed E-state index contributed by atoms with van der Waals surface area (Å²) in [6.45, 7) is 0. The fourth-order valence-electron chi connectivity index (χ4n) is 8.58. The molecule has 1 fully saturated rings. The molecule has 0 atom stereocenters. The van der Waals surface area contributed by atoms with Gasteiger partial charge in [-0.25, -0.2) is 0 Å². The van der Waals surface area contributed by atoms with E-state index in [9.17, 15) is 0 Å². The quantitative estimate of drug-likeness (QED) is 0.179. The van der Waals surface area contributed by atoms with Gasteiger partial charge in [-0.05, 0) is 41.5 Å². The third kappa shape index (κ3) is 6.42. The summed E-state index contributed by atoms with van der Waals surface area (Å²) in [4.78, 5) is 0. The van der Waals surface area contributed by atoms with Crippen LogP contribution in [-0.2, 0) is 0 Å². The Morgan fingerprint density at radius 3 is 0.375 bits per heavy atom. The topological polar surface area (TPSA) is 48.1 Å². The first-order chi connectivity index (χ1) is 27.7. The molecule has 8 aromatic carbocycles. The molecule has 0 saturated carbocycles. The van der Waals surface area contributed by atoms with E-state index in [-0.39, 0.29) is 0 Å². The molecule has 0 bridgehead atoms. The molecule has 4 N–H and O–H groups in total. The summed E-state index contributed by atoms with van der Waals surface area (Å²) in [6, 6.07) is 89.7. The lowest BCUT2D eigenvalue weighted by Gasteiger charge is -2.56. The average molecular weight is 789 g/mol. The Kier molecular flexibility index (Phi) is 10.0. The van der Waals surface area contributed by atoms with Gasteiger partial charge >= 0.3 is 0 Å². The number of rotatable bonds is 8. The lowest BCUT2D eigenvalue weighted by atomic mass is 10.4. The molecule has 0 aromatic heterocycles. The Hall–Kier alpha value is -5.53. The van der Waals surface area contributed by atoms with E-state index in [1.54, 1.807) is 0 Å². The molecular weight excluding hydrogens is 745 g/mol. The molecule has 0 unspecified atom stereocenters. The Labute approximate surface area is 334 Å². The van der Waals surface area contributed by atoms with Crippen molar-refractivity contribution in [3.05, 3.63) is 243 Å². The smallest absolute Gasteiger partial charge is 0.257 e. The van der Waals surface area contributed by atoms with Crippen LogP contribution in [-0.4, -0.2) is 33.6 Å². The Bertz CT molecular complexity index is 1940. The molecule has 1 aliphatic rings. The Morgan fingerprint density at radius 2 is 0.268 bits per heavy atom. The van der Waals surface area contributed by atoms with Gasteiger partial charge in [-0.3, -0.25) is 0 Å². The molecule has 4 nitrogen and oxygen atoms in total. The number of benzene rings is 8. The second kappa shape index (κ2) is 15.5. The van der Waals surface area contributed by atoms with Gasteiger partial charge in [0.05, 0.1) is 0 Å². The third-order valence-corrected chi connectivity index (χ3v) is 32.7. The number of nitrogens with one attached hydrogen (secondary N) is 4. The SMILES string of the molecule is c1ccc([Si]2(c3ccccc3)N[Si](c3ccccc3)(c3ccccc3)N[Si](c3ccccc3)(c3ccccc3)N[Si](c3ccccc3)(c3ccccc3)N2)cc1. The van der Waals surface area contributed by atoms with Crippen LogP contribution in [0.5, 0.6) is 0 Å². The maximum absolute atomic E-state index is 4.82. The molecule has 1 saturated heterocycles. The van der Waals surface area contributed by atoms with Gasteiger partial charge in [0, 0.05) is 0 Å². The van der Waals surface area contributed by atoms with E-state index in [4.69, 9.17) is 18.6 Å². The van der Waals surface area contributed by atoms with Crippen molar-refractivity contribution in [1.29, 1.82) is 0 Å². The molecule has 9 rings (SSSR count). The molecule has 1 aliphatic heterocycles. The van der Waals surface area contributed by atoms with E-state index in [1.807, 2.05) is 0 Å². The number of hydrogen-bond donors (Lipinski definition) is 4. The van der Waals surface area contributed by atoms with Crippen LogP contribution in [0, 0.1) is 0 Å². The van der Waals surface area contributed by atoms with Crippen molar-refractivity contribution >= 4 is 75.1 Å². The fraction of sp³-hybridized carbons (Fsp3) is 0. The highest BCUT2D eigenvalue weighted by Crippen LogP contribution is 2.18. The van der Waals surface area contributed by atoms with Crippen LogP contribution in [0.2, 0.25) is 0 Å². The van der Waals surface area contributed by atoms with Crippen molar-refractivity contribution in [1.82, 2.24) is 18.6 Å². The van der Waals surface area contributed by atoms with Crippen LogP contribution in [0.15, 0.2) is 243 Å². The average Bonchev–Trinajstić information content (AvgIpc) is 3.29. The summed E-state index contributed by atoms with van der Waals surface area (Å²) in [5.74, 6) is 0. The van der Waals surface area contributed by atoms with Crippen molar-refractivity contribution in [2.24, 2.45) is 0 Å². The maximum Gasteiger partial charge on any atom is 0.257 e. The molecule has 272 valence electrons. The van der Waals surface area contributed by atoms with Gasteiger partial charge in [0.25, 0.3) is 33.6 Å². The monoisotopic (exact) mass is 788 g/mol. The minimum atomic E-state index is -3.26. The zero-order valence-corrected chi connectivity index (χ0v) is 35.1. The van der Waals surface area contributed by atoms with Crippen LogP contribution in [0.4, 0.5) is 0 Å². The zero-order chi connectivity index (χ0) is 37.7. The van der Waals surface area contributed by atoms with Crippen LogP contribution in [0.25, 0.3) is 0 Å². The molecular formula is C48H44N4Si4. The molecule has 8 heteroatoms. The highest BCUT2D eigenvalue weighted by Gasteiger charge is 2.62. The molecule has 8 aromatic rings. The molecule has 56 heavy (non-hydrogen) atoms. The van der Waals surface area contributed by atoms with E-state index >= 15 is 0 Å². The van der Waals surface area contributed by atoms with E-state index < -0.39 is 33.6 Å². The van der Waals surface area contributed by atoms with Gasteiger partial charge in [0.15, 0.2) is 0 Å². The molecule has 0 radical (unpaired) electrons. The third-order valence-electron chi connectivity index (χ3n) is 11.2. The van der Waals surface area contributed by atoms with Gasteiger partial charge in [0.1, 0.15) is 0 Å². The lowest BCUT2D eigenvalue weighted by Crippen LogP contribution is -3.05. The second-order valence-corrected chi connectivity index (χ2v) is 29.0. The first kappa shape index (κ1) is 36.1. The van der Waals surface area contributed by atoms with E-state index in [0.717, 1.165) is 0 Å².